The fourth-order valence-electron chi connectivity index (χ4n) is 2.45. The third kappa shape index (κ3) is 5.03. The van der Waals surface area contributed by atoms with Crippen LogP contribution in [0.1, 0.15) is 29.9 Å². The van der Waals surface area contributed by atoms with Crippen molar-refractivity contribution in [2.45, 2.75) is 32.2 Å². The lowest BCUT2D eigenvalue weighted by atomic mass is 10.2. The summed E-state index contributed by atoms with van der Waals surface area (Å²) < 4.78 is 26.3. The molecule has 0 radical (unpaired) electrons. The Labute approximate surface area is 159 Å². The van der Waals surface area contributed by atoms with Gasteiger partial charge in [-0.1, -0.05) is 26.0 Å². The summed E-state index contributed by atoms with van der Waals surface area (Å²) in [5.74, 6) is -0.183. The fourth-order valence-corrected chi connectivity index (χ4v) is 4.75. The van der Waals surface area contributed by atoms with Crippen molar-refractivity contribution >= 4 is 33.3 Å². The molecule has 0 saturated heterocycles. The van der Waals surface area contributed by atoms with E-state index in [2.05, 4.69) is 5.32 Å². The molecular weight excluding hydrogens is 368 g/mol. The van der Waals surface area contributed by atoms with E-state index in [1.165, 1.54) is 15.9 Å². The Morgan fingerprint density at radius 2 is 1.81 bits per heavy atom. The summed E-state index contributed by atoms with van der Waals surface area (Å²) in [7, 11) is -3.46. The third-order valence-electron chi connectivity index (χ3n) is 4.04. The summed E-state index contributed by atoms with van der Waals surface area (Å²) in [4.78, 5) is 13.3. The molecule has 0 spiro atoms. The second kappa shape index (κ2) is 9.12. The van der Waals surface area contributed by atoms with Crippen LogP contribution in [0.2, 0.25) is 0 Å². The summed E-state index contributed by atoms with van der Waals surface area (Å²) in [6.45, 7) is 7.02. The number of nitrogens with zero attached hydrogens (tertiary/aromatic N) is 1. The summed E-state index contributed by atoms with van der Waals surface area (Å²) in [6, 6.07) is 8.56. The van der Waals surface area contributed by atoms with E-state index in [9.17, 15) is 13.2 Å². The van der Waals surface area contributed by atoms with Gasteiger partial charge in [-0.2, -0.15) is 4.31 Å². The number of hydrogen-bond donors (Lipinski definition) is 1. The Morgan fingerprint density at radius 1 is 1.15 bits per heavy atom. The van der Waals surface area contributed by atoms with Crippen LogP contribution >= 0.6 is 11.3 Å². The molecule has 0 saturated carbocycles. The Bertz CT molecular complexity index is 864. The van der Waals surface area contributed by atoms with Gasteiger partial charge >= 0.3 is 0 Å². The Kier molecular flexibility index (Phi) is 7.14. The summed E-state index contributed by atoms with van der Waals surface area (Å²) in [5, 5.41) is 4.84. The molecule has 0 aliphatic heterocycles. The Hall–Kier alpha value is -1.96. The lowest BCUT2D eigenvalue weighted by Crippen LogP contribution is -2.30. The van der Waals surface area contributed by atoms with Crippen LogP contribution in [0, 0.1) is 6.92 Å². The SMILES string of the molecule is CCN(CC)S(=O)(=O)c1ccc(/C=C/C(=O)NCc2sccc2C)cc1. The molecule has 0 aliphatic carbocycles. The summed E-state index contributed by atoms with van der Waals surface area (Å²) >= 11 is 1.62. The largest absolute Gasteiger partial charge is 0.348 e. The number of nitrogens with one attached hydrogen (secondary N) is 1. The molecule has 26 heavy (non-hydrogen) atoms. The van der Waals surface area contributed by atoms with Crippen molar-refractivity contribution in [2.75, 3.05) is 13.1 Å². The van der Waals surface area contributed by atoms with Gasteiger partial charge in [0.1, 0.15) is 0 Å². The average Bonchev–Trinajstić information content (AvgIpc) is 3.04. The lowest BCUT2D eigenvalue weighted by molar-refractivity contribution is -0.116. The zero-order chi connectivity index (χ0) is 19.2. The molecule has 7 heteroatoms. The van der Waals surface area contributed by atoms with Gasteiger partial charge in [0.2, 0.25) is 15.9 Å². The first kappa shape index (κ1) is 20.4. The smallest absolute Gasteiger partial charge is 0.244 e. The Balaban J connectivity index is 1.99. The number of hydrogen-bond acceptors (Lipinski definition) is 4. The van der Waals surface area contributed by atoms with E-state index in [-0.39, 0.29) is 10.8 Å². The fraction of sp³-hybridized carbons (Fsp3) is 0.316. The first-order chi connectivity index (χ1) is 12.4. The van der Waals surface area contributed by atoms with E-state index in [0.29, 0.717) is 19.6 Å². The highest BCUT2D eigenvalue weighted by Gasteiger charge is 2.20. The molecule has 0 atom stereocenters. The summed E-state index contributed by atoms with van der Waals surface area (Å²) in [5.41, 5.74) is 1.94. The van der Waals surface area contributed by atoms with Crippen molar-refractivity contribution in [3.8, 4) is 0 Å². The highest BCUT2D eigenvalue weighted by molar-refractivity contribution is 7.89. The normalized spacial score (nSPS) is 12.0. The first-order valence-corrected chi connectivity index (χ1v) is 10.8. The predicted octanol–water partition coefficient (Wildman–Crippen LogP) is 3.42. The zero-order valence-corrected chi connectivity index (χ0v) is 16.9. The molecular formula is C19H24N2O3S2. The van der Waals surface area contributed by atoms with Crippen molar-refractivity contribution in [3.63, 3.8) is 0 Å². The van der Waals surface area contributed by atoms with Crippen molar-refractivity contribution in [3.05, 3.63) is 57.8 Å². The minimum absolute atomic E-state index is 0.183. The second-order valence-corrected chi connectivity index (χ2v) is 8.67. The van der Waals surface area contributed by atoms with Gasteiger partial charge < -0.3 is 5.32 Å². The second-order valence-electron chi connectivity index (χ2n) is 5.74. The lowest BCUT2D eigenvalue weighted by Gasteiger charge is -2.18. The third-order valence-corrected chi connectivity index (χ3v) is 7.13. The van der Waals surface area contributed by atoms with Gasteiger partial charge in [0.25, 0.3) is 0 Å². The minimum Gasteiger partial charge on any atom is -0.348 e. The van der Waals surface area contributed by atoms with Crippen LogP contribution in [0.5, 0.6) is 0 Å². The minimum atomic E-state index is -3.46. The van der Waals surface area contributed by atoms with Crippen LogP contribution < -0.4 is 5.32 Å². The van der Waals surface area contributed by atoms with Crippen molar-refractivity contribution < 1.29 is 13.2 Å². The van der Waals surface area contributed by atoms with Gasteiger partial charge in [0, 0.05) is 24.0 Å². The maximum absolute atomic E-state index is 12.4. The van der Waals surface area contributed by atoms with E-state index in [0.717, 1.165) is 10.4 Å². The molecule has 0 unspecified atom stereocenters. The van der Waals surface area contributed by atoms with E-state index >= 15 is 0 Å². The van der Waals surface area contributed by atoms with Crippen molar-refractivity contribution in [1.29, 1.82) is 0 Å². The standard InChI is InChI=1S/C19H24N2O3S2/c1-4-21(5-2)26(23,24)17-9-6-16(7-10-17)8-11-19(22)20-14-18-15(3)12-13-25-18/h6-13H,4-5,14H2,1-3H3,(H,20,22)/b11-8+. The number of benzene rings is 1. The predicted molar refractivity (Wildman–Crippen MR) is 106 cm³/mol. The van der Waals surface area contributed by atoms with Crippen LogP contribution in [0.3, 0.4) is 0 Å². The van der Waals surface area contributed by atoms with Crippen LogP contribution in [0.25, 0.3) is 6.08 Å². The molecule has 1 heterocycles. The van der Waals surface area contributed by atoms with Gasteiger partial charge in [-0.3, -0.25) is 4.79 Å². The number of carbonyl (C=O) groups excluding carboxylic acids is 1. The number of amides is 1. The molecule has 5 nitrogen and oxygen atoms in total. The first-order valence-electron chi connectivity index (χ1n) is 8.47. The van der Waals surface area contributed by atoms with Gasteiger partial charge in [-0.25, -0.2) is 8.42 Å². The van der Waals surface area contributed by atoms with E-state index < -0.39 is 10.0 Å². The highest BCUT2D eigenvalue weighted by atomic mass is 32.2. The van der Waals surface area contributed by atoms with Gasteiger partial charge in [0.05, 0.1) is 11.4 Å². The average molecular weight is 393 g/mol. The molecule has 0 bridgehead atoms. The maximum Gasteiger partial charge on any atom is 0.244 e. The molecule has 2 rings (SSSR count). The number of sulfonamides is 1. The summed E-state index contributed by atoms with van der Waals surface area (Å²) in [6.07, 6.45) is 3.13. The van der Waals surface area contributed by atoms with E-state index in [1.807, 2.05) is 32.2 Å². The molecule has 2 aromatic rings. The molecule has 0 aliphatic rings. The zero-order valence-electron chi connectivity index (χ0n) is 15.2. The van der Waals surface area contributed by atoms with Gasteiger partial charge in [-0.15, -0.1) is 11.3 Å². The van der Waals surface area contributed by atoms with Gasteiger partial charge in [0.15, 0.2) is 0 Å². The van der Waals surface area contributed by atoms with E-state index in [1.54, 1.807) is 41.7 Å². The molecule has 140 valence electrons. The number of aryl methyl sites for hydroxylation is 1. The number of rotatable bonds is 8. The molecule has 1 N–H and O–H groups in total. The molecule has 0 fully saturated rings. The maximum atomic E-state index is 12.4. The number of thiophene rings is 1. The van der Waals surface area contributed by atoms with Crippen molar-refractivity contribution in [2.24, 2.45) is 0 Å². The van der Waals surface area contributed by atoms with Gasteiger partial charge in [-0.05, 0) is 47.7 Å². The quantitative estimate of drug-likeness (QED) is 0.700. The topological polar surface area (TPSA) is 66.5 Å². The van der Waals surface area contributed by atoms with Crippen LogP contribution in [0.4, 0.5) is 0 Å². The molecule has 1 aromatic carbocycles. The molecule has 1 aromatic heterocycles. The van der Waals surface area contributed by atoms with Crippen LogP contribution in [0.15, 0.2) is 46.7 Å². The highest BCUT2D eigenvalue weighted by Crippen LogP contribution is 2.17. The van der Waals surface area contributed by atoms with Crippen LogP contribution in [-0.4, -0.2) is 31.7 Å². The van der Waals surface area contributed by atoms with Crippen molar-refractivity contribution in [1.82, 2.24) is 9.62 Å². The molecule has 1 amide bonds. The number of carbonyl (C=O) groups is 1. The van der Waals surface area contributed by atoms with E-state index in [4.69, 9.17) is 0 Å². The van der Waals surface area contributed by atoms with Crippen LogP contribution in [-0.2, 0) is 21.4 Å². The Morgan fingerprint density at radius 3 is 2.35 bits per heavy atom. The monoisotopic (exact) mass is 392 g/mol.